The molecule has 0 amide bonds. The number of hydrogen-bond acceptors (Lipinski definition) is 2. The summed E-state index contributed by atoms with van der Waals surface area (Å²) < 4.78 is 5.99. The minimum Gasteiger partial charge on any atom is -0.489 e. The molecule has 2 atom stereocenters. The third kappa shape index (κ3) is 3.75. The highest BCUT2D eigenvalue weighted by Gasteiger charge is 2.19. The normalized spacial score (nSPS) is 13.8. The van der Waals surface area contributed by atoms with Crippen LogP contribution in [0.2, 0.25) is 5.02 Å². The van der Waals surface area contributed by atoms with Crippen molar-refractivity contribution in [2.45, 2.75) is 26.0 Å². The van der Waals surface area contributed by atoms with Crippen molar-refractivity contribution in [3.8, 4) is 5.75 Å². The zero-order valence-corrected chi connectivity index (χ0v) is 12.8. The Hall–Kier alpha value is -1.51. The molecule has 2 aromatic rings. The van der Waals surface area contributed by atoms with E-state index in [0.29, 0.717) is 5.02 Å². The van der Waals surface area contributed by atoms with E-state index in [-0.39, 0.29) is 12.1 Å². The highest BCUT2D eigenvalue weighted by Crippen LogP contribution is 2.24. The Bertz CT molecular complexity index is 553. The number of rotatable bonds is 5. The molecule has 0 saturated heterocycles. The van der Waals surface area contributed by atoms with E-state index in [1.54, 1.807) is 0 Å². The average molecular weight is 290 g/mol. The molecule has 0 aromatic heterocycles. The van der Waals surface area contributed by atoms with Crippen LogP contribution in [0, 0.1) is 6.92 Å². The summed E-state index contributed by atoms with van der Waals surface area (Å²) in [6.45, 7) is 4.14. The molecule has 0 radical (unpaired) electrons. The van der Waals surface area contributed by atoms with Crippen LogP contribution in [-0.4, -0.2) is 13.2 Å². The first-order valence-electron chi connectivity index (χ1n) is 6.76. The van der Waals surface area contributed by atoms with Crippen molar-refractivity contribution in [3.63, 3.8) is 0 Å². The Morgan fingerprint density at radius 2 is 1.80 bits per heavy atom. The SMILES string of the molecule is CNC(c1ccc(C)cc1)C(C)Oc1cccc(Cl)c1. The van der Waals surface area contributed by atoms with Gasteiger partial charge in [-0.25, -0.2) is 0 Å². The van der Waals surface area contributed by atoms with Gasteiger partial charge in [0.25, 0.3) is 0 Å². The molecule has 0 spiro atoms. The van der Waals surface area contributed by atoms with Gasteiger partial charge in [-0.15, -0.1) is 0 Å². The smallest absolute Gasteiger partial charge is 0.121 e. The van der Waals surface area contributed by atoms with Gasteiger partial charge in [0.05, 0.1) is 6.04 Å². The van der Waals surface area contributed by atoms with Gasteiger partial charge in [0.2, 0.25) is 0 Å². The minimum atomic E-state index is 0.00109. The summed E-state index contributed by atoms with van der Waals surface area (Å²) in [7, 11) is 1.95. The van der Waals surface area contributed by atoms with Crippen molar-refractivity contribution in [1.29, 1.82) is 0 Å². The predicted molar refractivity (Wildman–Crippen MR) is 84.5 cm³/mol. The van der Waals surface area contributed by atoms with E-state index in [0.717, 1.165) is 5.75 Å². The molecule has 3 heteroatoms. The number of aryl methyl sites for hydroxylation is 1. The molecule has 2 rings (SSSR count). The topological polar surface area (TPSA) is 21.3 Å². The fourth-order valence-electron chi connectivity index (χ4n) is 2.27. The van der Waals surface area contributed by atoms with Gasteiger partial charge in [-0.1, -0.05) is 47.5 Å². The lowest BCUT2D eigenvalue weighted by molar-refractivity contribution is 0.175. The summed E-state index contributed by atoms with van der Waals surface area (Å²) in [6.07, 6.45) is 0.00109. The first kappa shape index (κ1) is 14.9. The largest absolute Gasteiger partial charge is 0.489 e. The zero-order valence-electron chi connectivity index (χ0n) is 12.1. The van der Waals surface area contributed by atoms with Crippen LogP contribution in [0.25, 0.3) is 0 Å². The van der Waals surface area contributed by atoms with E-state index < -0.39 is 0 Å². The quantitative estimate of drug-likeness (QED) is 0.882. The molecule has 1 N–H and O–H groups in total. The van der Waals surface area contributed by atoms with Crippen LogP contribution in [0.3, 0.4) is 0 Å². The van der Waals surface area contributed by atoms with Gasteiger partial charge in [-0.2, -0.15) is 0 Å². The first-order valence-corrected chi connectivity index (χ1v) is 7.14. The molecular formula is C17H20ClNO. The highest BCUT2D eigenvalue weighted by atomic mass is 35.5. The van der Waals surface area contributed by atoms with Crippen LogP contribution in [0.1, 0.15) is 24.1 Å². The molecule has 0 fully saturated rings. The van der Waals surface area contributed by atoms with Crippen LogP contribution in [0.4, 0.5) is 0 Å². The van der Waals surface area contributed by atoms with Crippen molar-refractivity contribution >= 4 is 11.6 Å². The molecule has 106 valence electrons. The molecule has 20 heavy (non-hydrogen) atoms. The van der Waals surface area contributed by atoms with E-state index in [9.17, 15) is 0 Å². The highest BCUT2D eigenvalue weighted by molar-refractivity contribution is 6.30. The van der Waals surface area contributed by atoms with E-state index in [1.165, 1.54) is 11.1 Å². The van der Waals surface area contributed by atoms with E-state index in [2.05, 4.69) is 43.4 Å². The molecule has 0 heterocycles. The second-order valence-corrected chi connectivity index (χ2v) is 5.39. The van der Waals surface area contributed by atoms with E-state index in [1.807, 2.05) is 31.3 Å². The zero-order chi connectivity index (χ0) is 14.5. The Kier molecular flexibility index (Phi) is 5.05. The molecular weight excluding hydrogens is 270 g/mol. The van der Waals surface area contributed by atoms with Crippen molar-refractivity contribution < 1.29 is 4.74 Å². The fourth-order valence-corrected chi connectivity index (χ4v) is 2.45. The minimum absolute atomic E-state index is 0.00109. The number of nitrogens with one attached hydrogen (secondary N) is 1. The lowest BCUT2D eigenvalue weighted by Gasteiger charge is -2.25. The first-order chi connectivity index (χ1) is 9.60. The monoisotopic (exact) mass is 289 g/mol. The number of halogens is 1. The number of benzene rings is 2. The predicted octanol–water partition coefficient (Wildman–Crippen LogP) is 4.38. The molecule has 0 aliphatic carbocycles. The van der Waals surface area contributed by atoms with Gasteiger partial charge in [0.1, 0.15) is 11.9 Å². The molecule has 0 saturated carbocycles. The van der Waals surface area contributed by atoms with Crippen LogP contribution >= 0.6 is 11.6 Å². The molecule has 2 nitrogen and oxygen atoms in total. The fraction of sp³-hybridized carbons (Fsp3) is 0.294. The van der Waals surface area contributed by atoms with Crippen molar-refractivity contribution in [3.05, 3.63) is 64.7 Å². The number of ether oxygens (including phenoxy) is 1. The van der Waals surface area contributed by atoms with Crippen molar-refractivity contribution in [1.82, 2.24) is 5.32 Å². The number of likely N-dealkylation sites (N-methyl/N-ethyl adjacent to an activating group) is 1. The van der Waals surface area contributed by atoms with Gasteiger partial charge >= 0.3 is 0 Å². The maximum absolute atomic E-state index is 5.99. The average Bonchev–Trinajstić information content (AvgIpc) is 2.42. The second kappa shape index (κ2) is 6.78. The van der Waals surface area contributed by atoms with Gasteiger partial charge in [-0.3, -0.25) is 0 Å². The summed E-state index contributed by atoms with van der Waals surface area (Å²) in [5.41, 5.74) is 2.47. The van der Waals surface area contributed by atoms with Gasteiger partial charge < -0.3 is 10.1 Å². The van der Waals surface area contributed by atoms with E-state index in [4.69, 9.17) is 16.3 Å². The van der Waals surface area contributed by atoms with Crippen molar-refractivity contribution in [2.24, 2.45) is 0 Å². The summed E-state index contributed by atoms with van der Waals surface area (Å²) >= 11 is 5.98. The van der Waals surface area contributed by atoms with Crippen molar-refractivity contribution in [2.75, 3.05) is 7.05 Å². The standard InChI is InChI=1S/C17H20ClNO/c1-12-7-9-14(10-8-12)17(19-3)13(2)20-16-6-4-5-15(18)11-16/h4-11,13,17,19H,1-3H3. The summed E-state index contributed by atoms with van der Waals surface area (Å²) in [6, 6.07) is 16.1. The van der Waals surface area contributed by atoms with Gasteiger partial charge in [0.15, 0.2) is 0 Å². The van der Waals surface area contributed by atoms with Gasteiger partial charge in [0, 0.05) is 5.02 Å². The summed E-state index contributed by atoms with van der Waals surface area (Å²) in [4.78, 5) is 0. The molecule has 0 aliphatic rings. The van der Waals surface area contributed by atoms with E-state index >= 15 is 0 Å². The summed E-state index contributed by atoms with van der Waals surface area (Å²) in [5.74, 6) is 0.789. The van der Waals surface area contributed by atoms with Crippen LogP contribution in [0.15, 0.2) is 48.5 Å². The Morgan fingerprint density at radius 1 is 1.10 bits per heavy atom. The summed E-state index contributed by atoms with van der Waals surface area (Å²) in [5, 5.41) is 4.00. The van der Waals surface area contributed by atoms with Gasteiger partial charge in [-0.05, 0) is 44.7 Å². The van der Waals surface area contributed by atoms with Crippen LogP contribution in [-0.2, 0) is 0 Å². The maximum atomic E-state index is 5.99. The molecule has 2 unspecified atom stereocenters. The number of hydrogen-bond donors (Lipinski definition) is 1. The Labute approximate surface area is 125 Å². The van der Waals surface area contributed by atoms with Crippen LogP contribution in [0.5, 0.6) is 5.75 Å². The second-order valence-electron chi connectivity index (χ2n) is 4.96. The maximum Gasteiger partial charge on any atom is 0.121 e. The molecule has 2 aromatic carbocycles. The molecule has 0 bridgehead atoms. The molecule has 0 aliphatic heterocycles. The third-order valence-electron chi connectivity index (χ3n) is 3.33. The Morgan fingerprint density at radius 3 is 2.40 bits per heavy atom. The lowest BCUT2D eigenvalue weighted by Crippen LogP contribution is -2.31. The Balaban J connectivity index is 2.13. The van der Waals surface area contributed by atoms with Crippen LogP contribution < -0.4 is 10.1 Å². The third-order valence-corrected chi connectivity index (χ3v) is 3.57. The lowest BCUT2D eigenvalue weighted by atomic mass is 10.0.